The predicted molar refractivity (Wildman–Crippen MR) is 66.3 cm³/mol. The van der Waals surface area contributed by atoms with Gasteiger partial charge in [0, 0.05) is 19.2 Å². The molecule has 0 bridgehead atoms. The Morgan fingerprint density at radius 2 is 2.11 bits per heavy atom. The molecule has 1 aromatic carbocycles. The fourth-order valence-corrected chi connectivity index (χ4v) is 2.78. The molecule has 6 heteroatoms. The van der Waals surface area contributed by atoms with Crippen LogP contribution in [0, 0.1) is 18.6 Å². The third kappa shape index (κ3) is 2.39. The fraction of sp³-hybridized carbons (Fsp3) is 0.250. The second kappa shape index (κ2) is 5.07. The lowest BCUT2D eigenvalue weighted by Gasteiger charge is -2.06. The summed E-state index contributed by atoms with van der Waals surface area (Å²) in [6.07, 6.45) is 0. The summed E-state index contributed by atoms with van der Waals surface area (Å²) in [5.74, 6) is -0.921. The highest BCUT2D eigenvalue weighted by Crippen LogP contribution is 2.33. The van der Waals surface area contributed by atoms with Crippen molar-refractivity contribution in [2.75, 3.05) is 0 Å². The number of aromatic nitrogens is 2. The normalized spacial score (nSPS) is 10.9. The Kier molecular flexibility index (Phi) is 3.68. The molecule has 0 saturated carbocycles. The van der Waals surface area contributed by atoms with Gasteiger partial charge in [-0.15, -0.1) is 0 Å². The van der Waals surface area contributed by atoms with Crippen LogP contribution in [0.1, 0.15) is 11.3 Å². The maximum Gasteiger partial charge on any atom is 0.137 e. The Labute approximate surface area is 108 Å². The quantitative estimate of drug-likeness (QED) is 0.931. The molecule has 1 heterocycles. The van der Waals surface area contributed by atoms with Crippen LogP contribution >= 0.6 is 11.8 Å². The third-order valence-corrected chi connectivity index (χ3v) is 3.83. The minimum Gasteiger partial charge on any atom is -0.326 e. The van der Waals surface area contributed by atoms with Crippen LogP contribution in [0.5, 0.6) is 0 Å². The molecule has 0 spiro atoms. The molecular formula is C12H13F2N3S. The Morgan fingerprint density at radius 3 is 2.78 bits per heavy atom. The number of aryl methyl sites for hydroxylation is 2. The van der Waals surface area contributed by atoms with Crippen molar-refractivity contribution in [3.8, 4) is 0 Å². The Bertz CT molecular complexity index is 581. The Balaban J connectivity index is 2.42. The third-order valence-electron chi connectivity index (χ3n) is 2.59. The van der Waals surface area contributed by atoms with Crippen molar-refractivity contribution in [2.24, 2.45) is 12.8 Å². The molecule has 0 saturated heterocycles. The molecule has 0 amide bonds. The van der Waals surface area contributed by atoms with Crippen LogP contribution in [-0.2, 0) is 13.6 Å². The zero-order valence-electron chi connectivity index (χ0n) is 10.1. The number of rotatable bonds is 3. The zero-order chi connectivity index (χ0) is 13.3. The number of benzene rings is 1. The second-order valence-electron chi connectivity index (χ2n) is 3.87. The highest BCUT2D eigenvalue weighted by Gasteiger charge is 2.15. The molecule has 0 radical (unpaired) electrons. The van der Waals surface area contributed by atoms with Crippen molar-refractivity contribution >= 4 is 11.8 Å². The van der Waals surface area contributed by atoms with Gasteiger partial charge in [-0.05, 0) is 25.1 Å². The second-order valence-corrected chi connectivity index (χ2v) is 4.90. The molecule has 2 rings (SSSR count). The molecule has 18 heavy (non-hydrogen) atoms. The van der Waals surface area contributed by atoms with Crippen LogP contribution in [0.4, 0.5) is 8.78 Å². The number of hydrogen-bond acceptors (Lipinski definition) is 3. The molecule has 2 aromatic rings. The number of nitrogens with two attached hydrogens (primary N) is 1. The molecule has 0 fully saturated rings. The van der Waals surface area contributed by atoms with Crippen LogP contribution in [-0.4, -0.2) is 9.78 Å². The van der Waals surface area contributed by atoms with E-state index in [2.05, 4.69) is 5.10 Å². The van der Waals surface area contributed by atoms with E-state index >= 15 is 0 Å². The first kappa shape index (κ1) is 13.0. The lowest BCUT2D eigenvalue weighted by Crippen LogP contribution is -2.00. The van der Waals surface area contributed by atoms with E-state index in [1.165, 1.54) is 6.07 Å². The minimum atomic E-state index is -0.466. The summed E-state index contributed by atoms with van der Waals surface area (Å²) in [6.45, 7) is 2.16. The highest BCUT2D eigenvalue weighted by atomic mass is 32.2. The average molecular weight is 269 g/mol. The smallest absolute Gasteiger partial charge is 0.137 e. The predicted octanol–water partition coefficient (Wildman–Crippen LogP) is 2.62. The van der Waals surface area contributed by atoms with Crippen LogP contribution in [0.15, 0.2) is 28.1 Å². The number of halogens is 2. The van der Waals surface area contributed by atoms with E-state index in [9.17, 15) is 8.78 Å². The standard InChI is InChI=1S/C12H13F2N3S/c1-7-9(6-15)12(17(2)16-7)18-11-5-8(13)3-4-10(11)14/h3-5H,6,15H2,1-2H3. The summed E-state index contributed by atoms with van der Waals surface area (Å²) >= 11 is 1.13. The topological polar surface area (TPSA) is 43.8 Å². The van der Waals surface area contributed by atoms with Gasteiger partial charge in [-0.1, -0.05) is 11.8 Å². The maximum absolute atomic E-state index is 13.6. The van der Waals surface area contributed by atoms with Gasteiger partial charge in [0.25, 0.3) is 0 Å². The van der Waals surface area contributed by atoms with Gasteiger partial charge < -0.3 is 5.73 Å². The van der Waals surface area contributed by atoms with E-state index in [1.807, 2.05) is 6.92 Å². The average Bonchev–Trinajstić information content (AvgIpc) is 2.58. The van der Waals surface area contributed by atoms with Crippen molar-refractivity contribution in [2.45, 2.75) is 23.4 Å². The Hall–Kier alpha value is -1.40. The van der Waals surface area contributed by atoms with E-state index in [-0.39, 0.29) is 4.90 Å². The van der Waals surface area contributed by atoms with Crippen molar-refractivity contribution in [1.82, 2.24) is 9.78 Å². The minimum absolute atomic E-state index is 0.229. The summed E-state index contributed by atoms with van der Waals surface area (Å²) in [7, 11) is 1.76. The summed E-state index contributed by atoms with van der Waals surface area (Å²) in [5.41, 5.74) is 7.31. The molecule has 0 unspecified atom stereocenters. The SMILES string of the molecule is Cc1nn(C)c(Sc2cc(F)ccc2F)c1CN. The lowest BCUT2D eigenvalue weighted by molar-refractivity contribution is 0.576. The van der Waals surface area contributed by atoms with Gasteiger partial charge in [0.1, 0.15) is 16.7 Å². The fourth-order valence-electron chi connectivity index (χ4n) is 1.70. The Morgan fingerprint density at radius 1 is 1.39 bits per heavy atom. The van der Waals surface area contributed by atoms with E-state index in [0.717, 1.165) is 40.2 Å². The first-order valence-electron chi connectivity index (χ1n) is 5.38. The van der Waals surface area contributed by atoms with Crippen molar-refractivity contribution in [1.29, 1.82) is 0 Å². The molecule has 96 valence electrons. The van der Waals surface area contributed by atoms with Crippen LogP contribution in [0.2, 0.25) is 0 Å². The van der Waals surface area contributed by atoms with Crippen LogP contribution in [0.3, 0.4) is 0 Å². The molecule has 3 nitrogen and oxygen atoms in total. The number of nitrogens with zero attached hydrogens (tertiary/aromatic N) is 2. The molecule has 2 N–H and O–H groups in total. The van der Waals surface area contributed by atoms with Gasteiger partial charge in [-0.25, -0.2) is 8.78 Å². The molecule has 0 aliphatic heterocycles. The summed E-state index contributed by atoms with van der Waals surface area (Å²) in [6, 6.07) is 3.38. The first-order valence-corrected chi connectivity index (χ1v) is 6.20. The van der Waals surface area contributed by atoms with E-state index in [0.29, 0.717) is 6.54 Å². The van der Waals surface area contributed by atoms with Crippen LogP contribution in [0.25, 0.3) is 0 Å². The van der Waals surface area contributed by atoms with Crippen molar-refractivity contribution in [3.63, 3.8) is 0 Å². The van der Waals surface area contributed by atoms with E-state index in [4.69, 9.17) is 5.73 Å². The van der Waals surface area contributed by atoms with Gasteiger partial charge >= 0.3 is 0 Å². The van der Waals surface area contributed by atoms with Crippen LogP contribution < -0.4 is 5.73 Å². The zero-order valence-corrected chi connectivity index (χ0v) is 10.9. The summed E-state index contributed by atoms with van der Waals surface area (Å²) in [5, 5.41) is 4.97. The van der Waals surface area contributed by atoms with Crippen molar-refractivity contribution in [3.05, 3.63) is 41.1 Å². The molecule has 0 atom stereocenters. The summed E-state index contributed by atoms with van der Waals surface area (Å²) < 4.78 is 28.3. The van der Waals surface area contributed by atoms with Gasteiger partial charge in [-0.3, -0.25) is 4.68 Å². The van der Waals surface area contributed by atoms with Crippen molar-refractivity contribution < 1.29 is 8.78 Å². The largest absolute Gasteiger partial charge is 0.326 e. The lowest BCUT2D eigenvalue weighted by atomic mass is 10.3. The van der Waals surface area contributed by atoms with E-state index in [1.54, 1.807) is 11.7 Å². The molecule has 0 aliphatic carbocycles. The summed E-state index contributed by atoms with van der Waals surface area (Å²) in [4.78, 5) is 0.229. The molecular weight excluding hydrogens is 256 g/mol. The highest BCUT2D eigenvalue weighted by molar-refractivity contribution is 7.99. The first-order chi connectivity index (χ1) is 8.52. The molecule has 1 aromatic heterocycles. The maximum atomic E-state index is 13.6. The van der Waals surface area contributed by atoms with Gasteiger partial charge in [0.15, 0.2) is 0 Å². The monoisotopic (exact) mass is 269 g/mol. The van der Waals surface area contributed by atoms with Gasteiger partial charge in [0.2, 0.25) is 0 Å². The van der Waals surface area contributed by atoms with Gasteiger partial charge in [0.05, 0.1) is 10.6 Å². The van der Waals surface area contributed by atoms with Gasteiger partial charge in [-0.2, -0.15) is 5.10 Å². The van der Waals surface area contributed by atoms with E-state index < -0.39 is 11.6 Å². The molecule has 0 aliphatic rings. The number of hydrogen-bond donors (Lipinski definition) is 1.